The summed E-state index contributed by atoms with van der Waals surface area (Å²) in [7, 11) is 1.42. The van der Waals surface area contributed by atoms with Gasteiger partial charge in [-0.1, -0.05) is 13.5 Å². The van der Waals surface area contributed by atoms with Crippen LogP contribution in [0.5, 0.6) is 0 Å². The molecule has 1 amide bonds. The molecule has 0 saturated heterocycles. The first kappa shape index (κ1) is 22.9. The number of alkyl halides is 3. The molecule has 1 N–H and O–H groups in total. The quantitative estimate of drug-likeness (QED) is 0.414. The minimum atomic E-state index is -4.75. The first-order valence-corrected chi connectivity index (χ1v) is 10.1. The van der Waals surface area contributed by atoms with E-state index in [2.05, 4.69) is 31.8 Å². The molecule has 1 aromatic carbocycles. The first-order chi connectivity index (χ1) is 16.2. The van der Waals surface area contributed by atoms with Gasteiger partial charge in [0.05, 0.1) is 30.5 Å². The van der Waals surface area contributed by atoms with Gasteiger partial charge in [0, 0.05) is 23.5 Å². The third-order valence-corrected chi connectivity index (χ3v) is 5.11. The standard InChI is InChI=1S/C23H19F3N6O2/c1-4-14-10-27-8-7-16(14)21(33)31-19-11-29-20(12-28-19)32-18-6-5-15(13(2)34-3)9-17(18)30-22(32)23(24,25)26/h5-12H,2,4H2,1,3H3,(H,28,31,33). The Morgan fingerprint density at radius 1 is 1.18 bits per heavy atom. The van der Waals surface area contributed by atoms with Gasteiger partial charge in [0.2, 0.25) is 5.82 Å². The molecule has 0 unspecified atom stereocenters. The van der Waals surface area contributed by atoms with E-state index in [-0.39, 0.29) is 22.7 Å². The van der Waals surface area contributed by atoms with Gasteiger partial charge in [-0.25, -0.2) is 15.0 Å². The molecule has 174 valence electrons. The number of carbonyl (C=O) groups excluding carboxylic acids is 1. The Kier molecular flexibility index (Phi) is 6.01. The van der Waals surface area contributed by atoms with Crippen molar-refractivity contribution in [3.63, 3.8) is 0 Å². The molecule has 0 spiro atoms. The van der Waals surface area contributed by atoms with Crippen LogP contribution in [0.15, 0.2) is 55.6 Å². The maximum atomic E-state index is 13.8. The molecular formula is C23H19F3N6O2. The average molecular weight is 468 g/mol. The predicted octanol–water partition coefficient (Wildman–Crippen LogP) is 4.66. The number of carbonyl (C=O) groups is 1. The number of hydrogen-bond donors (Lipinski definition) is 1. The lowest BCUT2D eigenvalue weighted by Crippen LogP contribution is -2.17. The summed E-state index contributed by atoms with van der Waals surface area (Å²) in [6.45, 7) is 5.61. The molecule has 0 bridgehead atoms. The molecule has 0 aliphatic rings. The average Bonchev–Trinajstić information content (AvgIpc) is 3.23. The van der Waals surface area contributed by atoms with Crippen molar-refractivity contribution in [3.8, 4) is 5.82 Å². The number of halogens is 3. The van der Waals surface area contributed by atoms with Gasteiger partial charge in [-0.05, 0) is 36.2 Å². The van der Waals surface area contributed by atoms with Crippen molar-refractivity contribution in [2.75, 3.05) is 12.4 Å². The van der Waals surface area contributed by atoms with E-state index in [0.29, 0.717) is 23.3 Å². The summed E-state index contributed by atoms with van der Waals surface area (Å²) in [6.07, 6.45) is 1.28. The highest BCUT2D eigenvalue weighted by Gasteiger charge is 2.38. The molecule has 4 aromatic rings. The van der Waals surface area contributed by atoms with E-state index in [1.807, 2.05) is 6.92 Å². The molecule has 11 heteroatoms. The number of aromatic nitrogens is 5. The van der Waals surface area contributed by atoms with Gasteiger partial charge in [-0.3, -0.25) is 14.3 Å². The number of aryl methyl sites for hydroxylation is 1. The fraction of sp³-hybridized carbons (Fsp3) is 0.174. The number of fused-ring (bicyclic) bond motifs is 1. The fourth-order valence-corrected chi connectivity index (χ4v) is 3.41. The molecule has 34 heavy (non-hydrogen) atoms. The Morgan fingerprint density at radius 2 is 1.97 bits per heavy atom. The van der Waals surface area contributed by atoms with E-state index in [4.69, 9.17) is 4.74 Å². The summed E-state index contributed by atoms with van der Waals surface area (Å²) in [5.41, 5.74) is 1.94. The minimum absolute atomic E-state index is 0.0873. The van der Waals surface area contributed by atoms with E-state index in [1.165, 1.54) is 31.6 Å². The Morgan fingerprint density at radius 3 is 2.62 bits per heavy atom. The van der Waals surface area contributed by atoms with Crippen molar-refractivity contribution in [2.24, 2.45) is 0 Å². The number of imidazole rings is 1. The predicted molar refractivity (Wildman–Crippen MR) is 119 cm³/mol. The number of pyridine rings is 1. The van der Waals surface area contributed by atoms with E-state index in [1.54, 1.807) is 18.3 Å². The van der Waals surface area contributed by atoms with Crippen molar-refractivity contribution in [1.82, 2.24) is 24.5 Å². The normalized spacial score (nSPS) is 11.4. The SMILES string of the molecule is C=C(OC)c1ccc2c(c1)nc(C(F)(F)F)n2-c1cnc(NC(=O)c2ccncc2CC)cn1. The minimum Gasteiger partial charge on any atom is -0.497 e. The zero-order chi connectivity index (χ0) is 24.5. The van der Waals surface area contributed by atoms with Crippen LogP contribution < -0.4 is 5.32 Å². The van der Waals surface area contributed by atoms with Crippen LogP contribution in [-0.2, 0) is 17.3 Å². The highest BCUT2D eigenvalue weighted by Crippen LogP contribution is 2.34. The lowest BCUT2D eigenvalue weighted by Gasteiger charge is -2.11. The molecule has 0 aliphatic heterocycles. The number of rotatable bonds is 6. The molecule has 3 aromatic heterocycles. The second-order valence-corrected chi connectivity index (χ2v) is 7.20. The second-order valence-electron chi connectivity index (χ2n) is 7.20. The summed E-state index contributed by atoms with van der Waals surface area (Å²) in [6, 6.07) is 6.09. The number of anilines is 1. The van der Waals surface area contributed by atoms with Crippen LogP contribution in [0.4, 0.5) is 19.0 Å². The van der Waals surface area contributed by atoms with Crippen LogP contribution in [0.1, 0.15) is 34.2 Å². The Balaban J connectivity index is 1.70. The van der Waals surface area contributed by atoms with Gasteiger partial charge in [-0.15, -0.1) is 0 Å². The maximum absolute atomic E-state index is 13.8. The van der Waals surface area contributed by atoms with Crippen LogP contribution >= 0.6 is 0 Å². The van der Waals surface area contributed by atoms with Gasteiger partial charge in [0.1, 0.15) is 5.76 Å². The van der Waals surface area contributed by atoms with Gasteiger partial charge in [0.25, 0.3) is 5.91 Å². The lowest BCUT2D eigenvalue weighted by molar-refractivity contribution is -0.145. The van der Waals surface area contributed by atoms with Crippen LogP contribution in [-0.4, -0.2) is 37.5 Å². The van der Waals surface area contributed by atoms with Crippen LogP contribution in [0.3, 0.4) is 0 Å². The monoisotopic (exact) mass is 468 g/mol. The van der Waals surface area contributed by atoms with E-state index < -0.39 is 17.9 Å². The van der Waals surface area contributed by atoms with Crippen LogP contribution in [0.2, 0.25) is 0 Å². The number of benzene rings is 1. The Bertz CT molecular complexity index is 1380. The molecule has 0 atom stereocenters. The van der Waals surface area contributed by atoms with Crippen molar-refractivity contribution in [3.05, 3.63) is 78.1 Å². The zero-order valence-corrected chi connectivity index (χ0v) is 18.2. The zero-order valence-electron chi connectivity index (χ0n) is 18.2. The molecule has 0 saturated carbocycles. The summed E-state index contributed by atoms with van der Waals surface area (Å²) >= 11 is 0. The van der Waals surface area contributed by atoms with Crippen LogP contribution in [0.25, 0.3) is 22.6 Å². The molecule has 0 aliphatic carbocycles. The van der Waals surface area contributed by atoms with E-state index >= 15 is 0 Å². The van der Waals surface area contributed by atoms with Crippen LogP contribution in [0, 0.1) is 0 Å². The number of nitrogens with one attached hydrogen (secondary N) is 1. The smallest absolute Gasteiger partial charge is 0.450 e. The number of hydrogen-bond acceptors (Lipinski definition) is 6. The van der Waals surface area contributed by atoms with Crippen molar-refractivity contribution < 1.29 is 22.7 Å². The molecule has 8 nitrogen and oxygen atoms in total. The molecule has 4 rings (SSSR count). The Hall–Kier alpha value is -4.28. The van der Waals surface area contributed by atoms with Gasteiger partial charge in [-0.2, -0.15) is 13.2 Å². The second kappa shape index (κ2) is 8.93. The highest BCUT2D eigenvalue weighted by atomic mass is 19.4. The van der Waals surface area contributed by atoms with Gasteiger partial charge < -0.3 is 10.1 Å². The van der Waals surface area contributed by atoms with Gasteiger partial charge in [0.15, 0.2) is 11.6 Å². The van der Waals surface area contributed by atoms with Crippen molar-refractivity contribution in [1.29, 1.82) is 0 Å². The topological polar surface area (TPSA) is 94.8 Å². The largest absolute Gasteiger partial charge is 0.497 e. The number of ether oxygens (including phenoxy) is 1. The summed E-state index contributed by atoms with van der Waals surface area (Å²) < 4.78 is 47.2. The first-order valence-electron chi connectivity index (χ1n) is 10.1. The number of amides is 1. The molecular weight excluding hydrogens is 449 g/mol. The number of methoxy groups -OCH3 is 1. The number of nitrogens with zero attached hydrogens (tertiary/aromatic N) is 5. The van der Waals surface area contributed by atoms with Crippen molar-refractivity contribution >= 4 is 28.5 Å². The molecule has 0 radical (unpaired) electrons. The molecule has 0 fully saturated rings. The maximum Gasteiger partial charge on any atom is 0.450 e. The summed E-state index contributed by atoms with van der Waals surface area (Å²) in [5, 5.41) is 2.60. The third-order valence-electron chi connectivity index (χ3n) is 5.11. The van der Waals surface area contributed by atoms with Crippen molar-refractivity contribution in [2.45, 2.75) is 19.5 Å². The lowest BCUT2D eigenvalue weighted by atomic mass is 10.1. The van der Waals surface area contributed by atoms with E-state index in [9.17, 15) is 18.0 Å². The summed E-state index contributed by atoms with van der Waals surface area (Å²) in [5.74, 6) is -1.30. The van der Waals surface area contributed by atoms with Gasteiger partial charge >= 0.3 is 6.18 Å². The fourth-order valence-electron chi connectivity index (χ4n) is 3.41. The summed E-state index contributed by atoms with van der Waals surface area (Å²) in [4.78, 5) is 28.5. The highest BCUT2D eigenvalue weighted by molar-refractivity contribution is 6.04. The third kappa shape index (κ3) is 4.32. The Labute approximate surface area is 192 Å². The van der Waals surface area contributed by atoms with E-state index in [0.717, 1.165) is 16.3 Å². The molecule has 3 heterocycles.